The summed E-state index contributed by atoms with van der Waals surface area (Å²) in [6, 6.07) is 12.0. The molecule has 0 fully saturated rings. The second-order valence-electron chi connectivity index (χ2n) is 5.02. The van der Waals surface area contributed by atoms with E-state index in [2.05, 4.69) is 9.71 Å². The van der Waals surface area contributed by atoms with Gasteiger partial charge in [-0.1, -0.05) is 19.1 Å². The Morgan fingerprint density at radius 1 is 1.14 bits per heavy atom. The van der Waals surface area contributed by atoms with Gasteiger partial charge in [0.05, 0.1) is 4.90 Å². The van der Waals surface area contributed by atoms with Crippen LogP contribution in [-0.2, 0) is 16.4 Å². The SMILES string of the molecule is CCc1ccc(NS(=O)(=O)c2ccc3oc(C)nc3c2)cc1. The first-order valence-corrected chi connectivity index (χ1v) is 8.45. The summed E-state index contributed by atoms with van der Waals surface area (Å²) in [6.07, 6.45) is 0.912. The van der Waals surface area contributed by atoms with Crippen molar-refractivity contribution < 1.29 is 12.8 Å². The summed E-state index contributed by atoms with van der Waals surface area (Å²) in [5.74, 6) is 0.507. The molecule has 3 aromatic rings. The van der Waals surface area contributed by atoms with Crippen LogP contribution in [0.15, 0.2) is 51.8 Å². The van der Waals surface area contributed by atoms with Crippen molar-refractivity contribution in [3.05, 3.63) is 53.9 Å². The molecule has 6 heteroatoms. The summed E-state index contributed by atoms with van der Waals surface area (Å²) in [7, 11) is -3.65. The van der Waals surface area contributed by atoms with Gasteiger partial charge >= 0.3 is 0 Å². The third-order valence-corrected chi connectivity index (χ3v) is 4.77. The summed E-state index contributed by atoms with van der Waals surface area (Å²) in [4.78, 5) is 4.32. The number of sulfonamides is 1. The first kappa shape index (κ1) is 14.6. The molecule has 0 saturated heterocycles. The second-order valence-corrected chi connectivity index (χ2v) is 6.70. The number of hydrogen-bond acceptors (Lipinski definition) is 4. The fraction of sp³-hybridized carbons (Fsp3) is 0.188. The molecular weight excluding hydrogens is 300 g/mol. The lowest BCUT2D eigenvalue weighted by Gasteiger charge is -2.08. The van der Waals surface area contributed by atoms with Gasteiger partial charge < -0.3 is 4.42 Å². The van der Waals surface area contributed by atoms with Gasteiger partial charge in [0.15, 0.2) is 11.5 Å². The molecule has 2 aromatic carbocycles. The van der Waals surface area contributed by atoms with Crippen LogP contribution < -0.4 is 4.72 Å². The molecule has 0 unspecified atom stereocenters. The summed E-state index contributed by atoms with van der Waals surface area (Å²) >= 11 is 0. The summed E-state index contributed by atoms with van der Waals surface area (Å²) in [5, 5.41) is 0. The van der Waals surface area contributed by atoms with Gasteiger partial charge in [0.25, 0.3) is 10.0 Å². The minimum absolute atomic E-state index is 0.160. The van der Waals surface area contributed by atoms with Gasteiger partial charge in [-0.2, -0.15) is 0 Å². The summed E-state index contributed by atoms with van der Waals surface area (Å²) < 4.78 is 32.8. The normalized spacial score (nSPS) is 11.7. The second kappa shape index (κ2) is 5.46. The van der Waals surface area contributed by atoms with Crippen molar-refractivity contribution in [1.29, 1.82) is 0 Å². The Labute approximate surface area is 129 Å². The maximum Gasteiger partial charge on any atom is 0.261 e. The van der Waals surface area contributed by atoms with Crippen LogP contribution in [0.1, 0.15) is 18.4 Å². The van der Waals surface area contributed by atoms with Crippen LogP contribution in [0.2, 0.25) is 0 Å². The molecule has 3 rings (SSSR count). The van der Waals surface area contributed by atoms with Crippen LogP contribution in [0.4, 0.5) is 5.69 Å². The van der Waals surface area contributed by atoms with Crippen molar-refractivity contribution in [3.63, 3.8) is 0 Å². The molecule has 0 aliphatic carbocycles. The van der Waals surface area contributed by atoms with Gasteiger partial charge in [0.1, 0.15) is 5.52 Å². The van der Waals surface area contributed by atoms with Gasteiger partial charge in [-0.15, -0.1) is 0 Å². The Morgan fingerprint density at radius 2 is 1.86 bits per heavy atom. The number of anilines is 1. The third-order valence-electron chi connectivity index (χ3n) is 3.39. The maximum absolute atomic E-state index is 12.4. The number of aryl methyl sites for hydroxylation is 2. The highest BCUT2D eigenvalue weighted by Gasteiger charge is 2.16. The van der Waals surface area contributed by atoms with Crippen LogP contribution in [-0.4, -0.2) is 13.4 Å². The van der Waals surface area contributed by atoms with Crippen molar-refractivity contribution in [3.8, 4) is 0 Å². The van der Waals surface area contributed by atoms with Crippen LogP contribution in [0.25, 0.3) is 11.1 Å². The van der Waals surface area contributed by atoms with Crippen LogP contribution in [0, 0.1) is 6.92 Å². The van der Waals surface area contributed by atoms with Gasteiger partial charge in [0.2, 0.25) is 0 Å². The predicted octanol–water partition coefficient (Wildman–Crippen LogP) is 3.50. The molecule has 1 aromatic heterocycles. The van der Waals surface area contributed by atoms with Crippen molar-refractivity contribution in [2.45, 2.75) is 25.2 Å². The van der Waals surface area contributed by atoms with E-state index in [0.717, 1.165) is 12.0 Å². The van der Waals surface area contributed by atoms with Gasteiger partial charge in [-0.05, 0) is 42.3 Å². The number of benzene rings is 2. The zero-order chi connectivity index (χ0) is 15.7. The van der Waals surface area contributed by atoms with E-state index in [1.807, 2.05) is 19.1 Å². The Kier molecular flexibility index (Phi) is 3.62. The monoisotopic (exact) mass is 316 g/mol. The van der Waals surface area contributed by atoms with Gasteiger partial charge in [-0.25, -0.2) is 13.4 Å². The molecule has 0 aliphatic heterocycles. The third kappa shape index (κ3) is 2.82. The zero-order valence-electron chi connectivity index (χ0n) is 12.3. The Balaban J connectivity index is 1.92. The van der Waals surface area contributed by atoms with Crippen LogP contribution in [0.5, 0.6) is 0 Å². The average molecular weight is 316 g/mol. The van der Waals surface area contributed by atoms with E-state index in [-0.39, 0.29) is 4.90 Å². The number of nitrogens with one attached hydrogen (secondary N) is 1. The molecule has 0 aliphatic rings. The molecular formula is C16H16N2O3S. The van der Waals surface area contributed by atoms with E-state index in [4.69, 9.17) is 4.42 Å². The summed E-state index contributed by atoms with van der Waals surface area (Å²) in [6.45, 7) is 3.77. The number of aromatic nitrogens is 1. The van der Waals surface area contributed by atoms with Crippen LogP contribution in [0.3, 0.4) is 0 Å². The highest BCUT2D eigenvalue weighted by molar-refractivity contribution is 7.92. The quantitative estimate of drug-likeness (QED) is 0.799. The van der Waals surface area contributed by atoms with E-state index >= 15 is 0 Å². The van der Waals surface area contributed by atoms with Crippen molar-refractivity contribution in [1.82, 2.24) is 4.98 Å². The molecule has 0 amide bonds. The first-order valence-electron chi connectivity index (χ1n) is 6.97. The number of rotatable bonds is 4. The van der Waals surface area contributed by atoms with Crippen molar-refractivity contribution >= 4 is 26.8 Å². The zero-order valence-corrected chi connectivity index (χ0v) is 13.1. The highest BCUT2D eigenvalue weighted by atomic mass is 32.2. The highest BCUT2D eigenvalue weighted by Crippen LogP contribution is 2.22. The maximum atomic E-state index is 12.4. The number of oxazole rings is 1. The lowest BCUT2D eigenvalue weighted by atomic mass is 10.2. The molecule has 0 radical (unpaired) electrons. The fourth-order valence-electron chi connectivity index (χ4n) is 2.21. The Hall–Kier alpha value is -2.34. The molecule has 1 heterocycles. The van der Waals surface area contributed by atoms with E-state index in [9.17, 15) is 8.42 Å². The number of fused-ring (bicyclic) bond motifs is 1. The largest absolute Gasteiger partial charge is 0.441 e. The molecule has 0 bridgehead atoms. The van der Waals surface area contributed by atoms with Crippen LogP contribution >= 0.6 is 0 Å². The molecule has 0 spiro atoms. The molecule has 0 saturated carbocycles. The van der Waals surface area contributed by atoms with Gasteiger partial charge in [0, 0.05) is 12.6 Å². The predicted molar refractivity (Wildman–Crippen MR) is 85.4 cm³/mol. The van der Waals surface area contributed by atoms with E-state index in [1.165, 1.54) is 12.1 Å². The van der Waals surface area contributed by atoms with Crippen molar-refractivity contribution in [2.75, 3.05) is 4.72 Å². The number of hydrogen-bond donors (Lipinski definition) is 1. The number of nitrogens with zero attached hydrogens (tertiary/aromatic N) is 1. The smallest absolute Gasteiger partial charge is 0.261 e. The van der Waals surface area contributed by atoms with Crippen molar-refractivity contribution in [2.24, 2.45) is 0 Å². The molecule has 1 N–H and O–H groups in total. The molecule has 0 atom stereocenters. The lowest BCUT2D eigenvalue weighted by Crippen LogP contribution is -2.12. The molecule has 22 heavy (non-hydrogen) atoms. The Bertz CT molecular complexity index is 912. The lowest BCUT2D eigenvalue weighted by molar-refractivity contribution is 0.561. The minimum Gasteiger partial charge on any atom is -0.441 e. The van der Waals surface area contributed by atoms with E-state index in [1.54, 1.807) is 25.1 Å². The Morgan fingerprint density at radius 3 is 2.55 bits per heavy atom. The topological polar surface area (TPSA) is 72.2 Å². The standard InChI is InChI=1S/C16H16N2O3S/c1-3-12-4-6-13(7-5-12)18-22(19,20)14-8-9-16-15(10-14)17-11(2)21-16/h4-10,18H,3H2,1-2H3. The van der Waals surface area contributed by atoms with E-state index < -0.39 is 10.0 Å². The van der Waals surface area contributed by atoms with E-state index in [0.29, 0.717) is 22.7 Å². The first-order chi connectivity index (χ1) is 10.5. The summed E-state index contributed by atoms with van der Waals surface area (Å²) in [5.41, 5.74) is 2.79. The molecule has 5 nitrogen and oxygen atoms in total. The molecule has 114 valence electrons. The minimum atomic E-state index is -3.65. The van der Waals surface area contributed by atoms with Gasteiger partial charge in [-0.3, -0.25) is 4.72 Å². The fourth-order valence-corrected chi connectivity index (χ4v) is 3.29. The average Bonchev–Trinajstić information content (AvgIpc) is 2.86.